The molecule has 0 aromatic carbocycles. The van der Waals surface area contributed by atoms with Gasteiger partial charge in [0.25, 0.3) is 0 Å². The van der Waals surface area contributed by atoms with E-state index in [0.29, 0.717) is 17.6 Å². The van der Waals surface area contributed by atoms with E-state index in [9.17, 15) is 10.1 Å². The highest BCUT2D eigenvalue weighted by Gasteiger charge is 2.28. The van der Waals surface area contributed by atoms with Gasteiger partial charge in [-0.15, -0.1) is 0 Å². The molecule has 0 spiro atoms. The minimum absolute atomic E-state index is 0.116. The van der Waals surface area contributed by atoms with Crippen molar-refractivity contribution < 1.29 is 4.92 Å². The van der Waals surface area contributed by atoms with Crippen LogP contribution >= 0.6 is 0 Å². The molecule has 20 heavy (non-hydrogen) atoms. The van der Waals surface area contributed by atoms with Gasteiger partial charge in [-0.05, 0) is 25.8 Å². The molecule has 2 aromatic rings. The summed E-state index contributed by atoms with van der Waals surface area (Å²) in [6.07, 6.45) is 3.97. The van der Waals surface area contributed by atoms with Crippen LogP contribution in [0.3, 0.4) is 0 Å². The molecule has 104 valence electrons. The standard InChI is InChI=1S/C12H14N6O2/c1-7-10(18(19)20)11(15-12(13-2)14-7)17-6-5-9(16-17)8-3-4-8/h5-6,8H,3-4H2,1-2H3,(H,13,14,15). The number of aromatic nitrogens is 4. The summed E-state index contributed by atoms with van der Waals surface area (Å²) in [4.78, 5) is 19.0. The Labute approximate surface area is 115 Å². The summed E-state index contributed by atoms with van der Waals surface area (Å²) in [5.74, 6) is 1.02. The van der Waals surface area contributed by atoms with Crippen LogP contribution in [-0.4, -0.2) is 31.7 Å². The Morgan fingerprint density at radius 1 is 1.45 bits per heavy atom. The number of rotatable bonds is 4. The molecule has 2 heterocycles. The molecule has 0 saturated heterocycles. The second-order valence-electron chi connectivity index (χ2n) is 4.77. The largest absolute Gasteiger partial charge is 0.357 e. The fraction of sp³-hybridized carbons (Fsp3) is 0.417. The van der Waals surface area contributed by atoms with E-state index in [1.807, 2.05) is 6.07 Å². The summed E-state index contributed by atoms with van der Waals surface area (Å²) >= 11 is 0. The number of nitrogens with zero attached hydrogens (tertiary/aromatic N) is 5. The Kier molecular flexibility index (Phi) is 2.85. The molecule has 1 saturated carbocycles. The fourth-order valence-electron chi connectivity index (χ4n) is 2.09. The quantitative estimate of drug-likeness (QED) is 0.674. The van der Waals surface area contributed by atoms with Crippen LogP contribution in [0, 0.1) is 17.0 Å². The van der Waals surface area contributed by atoms with Gasteiger partial charge in [-0.2, -0.15) is 10.1 Å². The maximum Gasteiger partial charge on any atom is 0.334 e. The minimum Gasteiger partial charge on any atom is -0.357 e. The molecule has 1 fully saturated rings. The first kappa shape index (κ1) is 12.5. The van der Waals surface area contributed by atoms with Crippen LogP contribution in [0.2, 0.25) is 0 Å². The first-order valence-electron chi connectivity index (χ1n) is 6.37. The summed E-state index contributed by atoms with van der Waals surface area (Å²) in [7, 11) is 1.67. The van der Waals surface area contributed by atoms with Gasteiger partial charge in [0.05, 0.1) is 10.6 Å². The topological polar surface area (TPSA) is 98.8 Å². The van der Waals surface area contributed by atoms with Crippen LogP contribution in [0.15, 0.2) is 12.3 Å². The number of aryl methyl sites for hydroxylation is 1. The van der Waals surface area contributed by atoms with Gasteiger partial charge in [0.15, 0.2) is 0 Å². The smallest absolute Gasteiger partial charge is 0.334 e. The first-order chi connectivity index (χ1) is 9.60. The van der Waals surface area contributed by atoms with Crippen molar-refractivity contribution in [3.63, 3.8) is 0 Å². The lowest BCUT2D eigenvalue weighted by atomic mass is 10.3. The molecule has 0 atom stereocenters. The lowest BCUT2D eigenvalue weighted by molar-refractivity contribution is -0.385. The van der Waals surface area contributed by atoms with Crippen LogP contribution < -0.4 is 5.32 Å². The molecule has 0 unspecified atom stereocenters. The zero-order valence-corrected chi connectivity index (χ0v) is 11.2. The third-order valence-corrected chi connectivity index (χ3v) is 3.27. The SMILES string of the molecule is CNc1nc(C)c([N+](=O)[O-])c(-n2ccc(C3CC3)n2)n1. The van der Waals surface area contributed by atoms with Crippen molar-refractivity contribution in [3.05, 3.63) is 33.8 Å². The van der Waals surface area contributed by atoms with Gasteiger partial charge >= 0.3 is 5.69 Å². The molecule has 8 nitrogen and oxygen atoms in total. The maximum absolute atomic E-state index is 11.2. The van der Waals surface area contributed by atoms with Gasteiger partial charge < -0.3 is 5.32 Å². The predicted octanol–water partition coefficient (Wildman–Crippen LogP) is 1.80. The summed E-state index contributed by atoms with van der Waals surface area (Å²) in [5, 5.41) is 18.4. The molecule has 2 aromatic heterocycles. The van der Waals surface area contributed by atoms with Crippen molar-refractivity contribution in [2.75, 3.05) is 12.4 Å². The number of anilines is 1. The summed E-state index contributed by atoms with van der Waals surface area (Å²) in [6.45, 7) is 1.59. The highest BCUT2D eigenvalue weighted by Crippen LogP contribution is 2.39. The second-order valence-corrected chi connectivity index (χ2v) is 4.77. The predicted molar refractivity (Wildman–Crippen MR) is 72.1 cm³/mol. The third kappa shape index (κ3) is 2.09. The number of nitrogens with one attached hydrogen (secondary N) is 1. The molecule has 1 aliphatic carbocycles. The summed E-state index contributed by atoms with van der Waals surface area (Å²) in [6, 6.07) is 1.89. The number of hydrogen-bond acceptors (Lipinski definition) is 6. The lowest BCUT2D eigenvalue weighted by Gasteiger charge is -2.06. The monoisotopic (exact) mass is 274 g/mol. The molecule has 1 aliphatic rings. The van der Waals surface area contributed by atoms with Gasteiger partial charge in [0.2, 0.25) is 11.8 Å². The van der Waals surface area contributed by atoms with E-state index in [0.717, 1.165) is 18.5 Å². The maximum atomic E-state index is 11.2. The third-order valence-electron chi connectivity index (χ3n) is 3.27. The van der Waals surface area contributed by atoms with Crippen molar-refractivity contribution in [2.45, 2.75) is 25.7 Å². The van der Waals surface area contributed by atoms with Gasteiger partial charge in [0.1, 0.15) is 5.69 Å². The average molecular weight is 274 g/mol. The Morgan fingerprint density at radius 3 is 2.80 bits per heavy atom. The number of hydrogen-bond donors (Lipinski definition) is 1. The molecule has 0 aliphatic heterocycles. The highest BCUT2D eigenvalue weighted by atomic mass is 16.6. The normalized spacial score (nSPS) is 14.3. The van der Waals surface area contributed by atoms with Gasteiger partial charge in [0, 0.05) is 19.2 Å². The second kappa shape index (κ2) is 4.55. The van der Waals surface area contributed by atoms with E-state index in [2.05, 4.69) is 20.4 Å². The molecule has 3 rings (SSSR count). The van der Waals surface area contributed by atoms with Crippen molar-refractivity contribution in [2.24, 2.45) is 0 Å². The van der Waals surface area contributed by atoms with E-state index in [1.54, 1.807) is 20.2 Å². The van der Waals surface area contributed by atoms with Crippen LogP contribution in [0.1, 0.15) is 30.1 Å². The molecule has 0 radical (unpaired) electrons. The fourth-order valence-corrected chi connectivity index (χ4v) is 2.09. The van der Waals surface area contributed by atoms with Crippen LogP contribution in [-0.2, 0) is 0 Å². The molecule has 8 heteroatoms. The highest BCUT2D eigenvalue weighted by molar-refractivity contribution is 5.53. The van der Waals surface area contributed by atoms with Gasteiger partial charge in [-0.3, -0.25) is 10.1 Å². The van der Waals surface area contributed by atoms with E-state index >= 15 is 0 Å². The van der Waals surface area contributed by atoms with Crippen molar-refractivity contribution in [1.29, 1.82) is 0 Å². The first-order valence-corrected chi connectivity index (χ1v) is 6.37. The molecular formula is C12H14N6O2. The minimum atomic E-state index is -0.470. The van der Waals surface area contributed by atoms with Gasteiger partial charge in [-0.1, -0.05) is 0 Å². The summed E-state index contributed by atoms with van der Waals surface area (Å²) in [5.41, 5.74) is 1.16. The van der Waals surface area contributed by atoms with Crippen LogP contribution in [0.25, 0.3) is 5.82 Å². The van der Waals surface area contributed by atoms with Crippen molar-refractivity contribution >= 4 is 11.6 Å². The average Bonchev–Trinajstić information content (AvgIpc) is 3.15. The molecular weight excluding hydrogens is 260 g/mol. The zero-order valence-electron chi connectivity index (χ0n) is 11.2. The van der Waals surface area contributed by atoms with Crippen LogP contribution in [0.4, 0.5) is 11.6 Å². The van der Waals surface area contributed by atoms with E-state index in [-0.39, 0.29) is 11.5 Å². The van der Waals surface area contributed by atoms with E-state index in [1.165, 1.54) is 4.68 Å². The Balaban J connectivity index is 2.13. The molecule has 0 amide bonds. The van der Waals surface area contributed by atoms with Gasteiger partial charge in [-0.25, -0.2) is 9.67 Å². The Hall–Kier alpha value is -2.51. The van der Waals surface area contributed by atoms with Crippen molar-refractivity contribution in [1.82, 2.24) is 19.7 Å². The van der Waals surface area contributed by atoms with Crippen molar-refractivity contribution in [3.8, 4) is 5.82 Å². The van der Waals surface area contributed by atoms with E-state index in [4.69, 9.17) is 0 Å². The Bertz CT molecular complexity index is 677. The molecule has 0 bridgehead atoms. The molecule has 1 N–H and O–H groups in total. The van der Waals surface area contributed by atoms with E-state index < -0.39 is 4.92 Å². The van der Waals surface area contributed by atoms with Crippen LogP contribution in [0.5, 0.6) is 0 Å². The summed E-state index contributed by atoms with van der Waals surface area (Å²) < 4.78 is 1.46. The lowest BCUT2D eigenvalue weighted by Crippen LogP contribution is -2.10. The Morgan fingerprint density at radius 2 is 2.20 bits per heavy atom. The zero-order chi connectivity index (χ0) is 14.3. The number of nitro groups is 1.